The van der Waals surface area contributed by atoms with E-state index < -0.39 is 40.9 Å². The van der Waals surface area contributed by atoms with Crippen molar-refractivity contribution >= 4 is 10.8 Å². The van der Waals surface area contributed by atoms with Gasteiger partial charge in [-0.3, -0.25) is 0 Å². The average molecular weight is 488 g/mol. The molecule has 0 bridgehead atoms. The van der Waals surface area contributed by atoms with Gasteiger partial charge >= 0.3 is 0 Å². The summed E-state index contributed by atoms with van der Waals surface area (Å²) >= 11 is 0. The normalized spacial score (nSPS) is 17.9. The maximum absolute atomic E-state index is 14.6. The van der Waals surface area contributed by atoms with Crippen LogP contribution in [-0.2, 0) is 15.9 Å². The fraction of sp³-hybridized carbons (Fsp3) is 0.357. The van der Waals surface area contributed by atoms with Gasteiger partial charge in [0.2, 0.25) is 0 Å². The number of hydrogen-bond donors (Lipinski definition) is 0. The van der Waals surface area contributed by atoms with Crippen LogP contribution < -0.4 is 0 Å². The van der Waals surface area contributed by atoms with Gasteiger partial charge in [0.15, 0.2) is 23.7 Å². The molecule has 2 nitrogen and oxygen atoms in total. The van der Waals surface area contributed by atoms with Crippen LogP contribution in [0.5, 0.6) is 0 Å². The van der Waals surface area contributed by atoms with E-state index >= 15 is 0 Å². The first-order chi connectivity index (χ1) is 16.9. The van der Waals surface area contributed by atoms with Crippen molar-refractivity contribution in [2.45, 2.75) is 45.3 Å². The molecule has 7 heteroatoms. The molecule has 0 spiro atoms. The minimum Gasteiger partial charge on any atom is -0.352 e. The molecule has 0 aromatic heterocycles. The second kappa shape index (κ2) is 11.2. The highest BCUT2D eigenvalue weighted by molar-refractivity contribution is 5.84. The maximum Gasteiger partial charge on any atom is 0.195 e. The number of ether oxygens (including phenoxy) is 2. The van der Waals surface area contributed by atoms with E-state index in [1.54, 1.807) is 0 Å². The summed E-state index contributed by atoms with van der Waals surface area (Å²) in [6.45, 7) is 3.40. The minimum atomic E-state index is -1.56. The van der Waals surface area contributed by atoms with E-state index in [0.29, 0.717) is 37.5 Å². The van der Waals surface area contributed by atoms with Crippen LogP contribution >= 0.6 is 0 Å². The smallest absolute Gasteiger partial charge is 0.195 e. The maximum atomic E-state index is 14.6. The molecule has 0 saturated carbocycles. The molecular weight excluding hydrogens is 463 g/mol. The SMILES string of the molecule is CCCCC1COC(CCc2cc(F)c(C#Cc3ccc4c(F)c(F)c(F)cc4c3)c(F)c2)OC1. The van der Waals surface area contributed by atoms with Crippen molar-refractivity contribution in [1.29, 1.82) is 0 Å². The van der Waals surface area contributed by atoms with Gasteiger partial charge < -0.3 is 9.47 Å². The molecular formula is C28H25F5O2. The standard InChI is InChI=1S/C28H25F5O2/c1-2-3-4-19-15-34-26(35-16-19)10-7-18-12-23(29)22(24(30)13-18)9-6-17-5-8-21-20(11-17)14-25(31)28(33)27(21)32/h5,8,11-14,19,26H,2-4,7,10,15-16H2,1H3. The Morgan fingerprint density at radius 2 is 1.54 bits per heavy atom. The van der Waals surface area contributed by atoms with Crippen molar-refractivity contribution in [3.8, 4) is 11.8 Å². The molecule has 35 heavy (non-hydrogen) atoms. The van der Waals surface area contributed by atoms with Crippen molar-refractivity contribution in [2.75, 3.05) is 13.2 Å². The molecule has 0 radical (unpaired) electrons. The summed E-state index contributed by atoms with van der Waals surface area (Å²) in [5.41, 5.74) is 0.327. The van der Waals surface area contributed by atoms with Gasteiger partial charge in [-0.1, -0.05) is 37.7 Å². The molecule has 0 amide bonds. The van der Waals surface area contributed by atoms with E-state index in [9.17, 15) is 22.0 Å². The molecule has 1 saturated heterocycles. The summed E-state index contributed by atoms with van der Waals surface area (Å²) in [5, 5.41) is -0.0214. The predicted molar refractivity (Wildman–Crippen MR) is 123 cm³/mol. The summed E-state index contributed by atoms with van der Waals surface area (Å²) in [7, 11) is 0. The molecule has 3 aromatic carbocycles. The zero-order chi connectivity index (χ0) is 24.9. The number of rotatable bonds is 6. The van der Waals surface area contributed by atoms with Gasteiger partial charge in [-0.15, -0.1) is 0 Å². The Labute approximate surface area is 201 Å². The first kappa shape index (κ1) is 25.2. The summed E-state index contributed by atoms with van der Waals surface area (Å²) in [6.07, 6.45) is 3.79. The molecule has 1 aliphatic rings. The van der Waals surface area contributed by atoms with Crippen molar-refractivity contribution < 1.29 is 31.4 Å². The zero-order valence-corrected chi connectivity index (χ0v) is 19.3. The number of hydrogen-bond acceptors (Lipinski definition) is 2. The van der Waals surface area contributed by atoms with Crippen LogP contribution in [-0.4, -0.2) is 19.5 Å². The van der Waals surface area contributed by atoms with Crippen LogP contribution in [0.3, 0.4) is 0 Å². The van der Waals surface area contributed by atoms with E-state index in [0.717, 1.165) is 25.3 Å². The number of aryl methyl sites for hydroxylation is 1. The van der Waals surface area contributed by atoms with E-state index in [4.69, 9.17) is 9.47 Å². The molecule has 3 aromatic rings. The van der Waals surface area contributed by atoms with Gasteiger partial charge in [-0.2, -0.15) is 0 Å². The van der Waals surface area contributed by atoms with E-state index in [1.165, 1.54) is 30.3 Å². The number of benzene rings is 3. The summed E-state index contributed by atoms with van der Waals surface area (Å²) in [6, 6.07) is 7.25. The van der Waals surface area contributed by atoms with Crippen molar-refractivity contribution in [2.24, 2.45) is 5.92 Å². The lowest BCUT2D eigenvalue weighted by atomic mass is 10.0. The molecule has 1 aliphatic heterocycles. The van der Waals surface area contributed by atoms with Crippen LogP contribution in [0.15, 0.2) is 36.4 Å². The van der Waals surface area contributed by atoms with Gasteiger partial charge in [0.05, 0.1) is 18.8 Å². The first-order valence-electron chi connectivity index (χ1n) is 11.7. The largest absolute Gasteiger partial charge is 0.352 e. The fourth-order valence-electron chi connectivity index (χ4n) is 4.10. The predicted octanol–water partition coefficient (Wildman–Crippen LogP) is 7.05. The summed E-state index contributed by atoms with van der Waals surface area (Å²) in [4.78, 5) is 0. The van der Waals surface area contributed by atoms with Gasteiger partial charge in [-0.05, 0) is 54.1 Å². The highest BCUT2D eigenvalue weighted by Crippen LogP contribution is 2.25. The van der Waals surface area contributed by atoms with Crippen LogP contribution in [0.4, 0.5) is 22.0 Å². The summed E-state index contributed by atoms with van der Waals surface area (Å²) in [5.74, 6) is -0.360. The fourth-order valence-corrected chi connectivity index (χ4v) is 4.10. The first-order valence-corrected chi connectivity index (χ1v) is 11.7. The quantitative estimate of drug-likeness (QED) is 0.210. The minimum absolute atomic E-state index is 0.0910. The number of unbranched alkanes of at least 4 members (excludes halogenated alkanes) is 1. The average Bonchev–Trinajstić information content (AvgIpc) is 2.85. The highest BCUT2D eigenvalue weighted by Gasteiger charge is 2.22. The Kier molecular flexibility index (Phi) is 8.04. The lowest BCUT2D eigenvalue weighted by Gasteiger charge is -2.29. The Hall–Kier alpha value is -2.95. The third-order valence-corrected chi connectivity index (χ3v) is 6.08. The molecule has 0 unspecified atom stereocenters. The molecule has 0 atom stereocenters. The molecule has 1 fully saturated rings. The van der Waals surface area contributed by atoms with Crippen molar-refractivity contribution in [3.63, 3.8) is 0 Å². The van der Waals surface area contributed by atoms with Gasteiger partial charge in [0.25, 0.3) is 0 Å². The lowest BCUT2D eigenvalue weighted by Crippen LogP contribution is -2.32. The number of fused-ring (bicyclic) bond motifs is 1. The summed E-state index contributed by atoms with van der Waals surface area (Å²) < 4.78 is 81.4. The second-order valence-electron chi connectivity index (χ2n) is 8.75. The highest BCUT2D eigenvalue weighted by atomic mass is 19.2. The molecule has 0 aliphatic carbocycles. The molecule has 1 heterocycles. The van der Waals surface area contributed by atoms with Crippen molar-refractivity contribution in [1.82, 2.24) is 0 Å². The Balaban J connectivity index is 1.42. The monoisotopic (exact) mass is 488 g/mol. The number of halogens is 5. The Bertz CT molecular complexity index is 1250. The third-order valence-electron chi connectivity index (χ3n) is 6.08. The van der Waals surface area contributed by atoms with E-state index in [1.807, 2.05) is 0 Å². The van der Waals surface area contributed by atoms with Crippen LogP contribution in [0, 0.1) is 46.8 Å². The van der Waals surface area contributed by atoms with Crippen LogP contribution in [0.2, 0.25) is 0 Å². The third kappa shape index (κ3) is 6.01. The molecule has 4 rings (SSSR count). The Morgan fingerprint density at radius 1 is 0.829 bits per heavy atom. The molecule has 184 valence electrons. The van der Waals surface area contributed by atoms with Gasteiger partial charge in [0.1, 0.15) is 11.6 Å². The molecule has 0 N–H and O–H groups in total. The Morgan fingerprint density at radius 3 is 2.23 bits per heavy atom. The second-order valence-corrected chi connectivity index (χ2v) is 8.75. The van der Waals surface area contributed by atoms with E-state index in [-0.39, 0.29) is 16.3 Å². The topological polar surface area (TPSA) is 18.5 Å². The zero-order valence-electron chi connectivity index (χ0n) is 19.3. The van der Waals surface area contributed by atoms with Gasteiger partial charge in [0, 0.05) is 23.3 Å². The van der Waals surface area contributed by atoms with Gasteiger partial charge in [-0.25, -0.2) is 22.0 Å². The van der Waals surface area contributed by atoms with E-state index in [2.05, 4.69) is 18.8 Å². The lowest BCUT2D eigenvalue weighted by molar-refractivity contribution is -0.203. The van der Waals surface area contributed by atoms with Crippen molar-refractivity contribution in [3.05, 3.63) is 82.2 Å². The van der Waals surface area contributed by atoms with Crippen LogP contribution in [0.1, 0.15) is 49.3 Å². The van der Waals surface area contributed by atoms with Crippen LogP contribution in [0.25, 0.3) is 10.8 Å².